The van der Waals surface area contributed by atoms with Gasteiger partial charge >= 0.3 is 5.97 Å². The van der Waals surface area contributed by atoms with Gasteiger partial charge in [0.1, 0.15) is 0 Å². The third-order valence-electron chi connectivity index (χ3n) is 5.58. The molecule has 4 fully saturated rings. The molecule has 22 heavy (non-hydrogen) atoms. The highest BCUT2D eigenvalue weighted by Crippen LogP contribution is 2.55. The Hall–Kier alpha value is -1.32. The molecule has 4 rings (SSSR count). The van der Waals surface area contributed by atoms with Gasteiger partial charge in [-0.05, 0) is 69.6 Å². The summed E-state index contributed by atoms with van der Waals surface area (Å²) in [6.45, 7) is 3.61. The standard InChI is InChI=1S/C18H27NO3/c1-3-4-5-16(20)22-12(2)17(21)19-18-9-13-6-14(10-18)8-15(7-13)11-18/h4-5,12-15H,3,6-11H2,1-2H3,(H,19,21)/b5-4+/t12-,13?,14?,15?,18?/m1/s1. The first-order valence-corrected chi connectivity index (χ1v) is 8.69. The second-order valence-electron chi connectivity index (χ2n) is 7.58. The van der Waals surface area contributed by atoms with Crippen LogP contribution < -0.4 is 5.32 Å². The molecule has 0 aromatic heterocycles. The van der Waals surface area contributed by atoms with Gasteiger partial charge in [-0.25, -0.2) is 4.79 Å². The predicted molar refractivity (Wildman–Crippen MR) is 84.0 cm³/mol. The van der Waals surface area contributed by atoms with Crippen molar-refractivity contribution in [3.05, 3.63) is 12.2 Å². The molecule has 0 aromatic rings. The maximum atomic E-state index is 12.4. The van der Waals surface area contributed by atoms with Crippen molar-refractivity contribution in [3.63, 3.8) is 0 Å². The second kappa shape index (κ2) is 6.05. The summed E-state index contributed by atoms with van der Waals surface area (Å²) >= 11 is 0. The van der Waals surface area contributed by atoms with E-state index in [0.29, 0.717) is 0 Å². The molecule has 4 aliphatic carbocycles. The zero-order valence-electron chi connectivity index (χ0n) is 13.6. The SMILES string of the molecule is CC/C=C/C(=O)O[C@H](C)C(=O)NC12CC3CC(CC(C3)C1)C2. The fraction of sp³-hybridized carbons (Fsp3) is 0.778. The summed E-state index contributed by atoms with van der Waals surface area (Å²) in [5, 5.41) is 3.25. The summed E-state index contributed by atoms with van der Waals surface area (Å²) in [6, 6.07) is 0. The van der Waals surface area contributed by atoms with Crippen molar-refractivity contribution >= 4 is 11.9 Å². The van der Waals surface area contributed by atoms with Crippen molar-refractivity contribution in [2.75, 3.05) is 0 Å². The fourth-order valence-corrected chi connectivity index (χ4v) is 5.11. The number of hydrogen-bond donors (Lipinski definition) is 1. The van der Waals surface area contributed by atoms with Crippen molar-refractivity contribution in [1.82, 2.24) is 5.32 Å². The van der Waals surface area contributed by atoms with Crippen LogP contribution in [0, 0.1) is 17.8 Å². The molecule has 1 atom stereocenters. The maximum Gasteiger partial charge on any atom is 0.331 e. The summed E-state index contributed by atoms with van der Waals surface area (Å²) in [7, 11) is 0. The van der Waals surface area contributed by atoms with E-state index in [4.69, 9.17) is 4.74 Å². The summed E-state index contributed by atoms with van der Waals surface area (Å²) < 4.78 is 5.19. The minimum atomic E-state index is -0.720. The van der Waals surface area contributed by atoms with Gasteiger partial charge in [0.25, 0.3) is 5.91 Å². The van der Waals surface area contributed by atoms with Gasteiger partial charge in [0, 0.05) is 11.6 Å². The van der Waals surface area contributed by atoms with Gasteiger partial charge in [-0.2, -0.15) is 0 Å². The molecular weight excluding hydrogens is 278 g/mol. The number of ether oxygens (including phenoxy) is 1. The van der Waals surface area contributed by atoms with Gasteiger partial charge in [-0.15, -0.1) is 0 Å². The molecule has 4 heteroatoms. The van der Waals surface area contributed by atoms with Crippen molar-refractivity contribution in [2.45, 2.75) is 70.4 Å². The highest BCUT2D eigenvalue weighted by atomic mass is 16.5. The Balaban J connectivity index is 1.57. The van der Waals surface area contributed by atoms with Gasteiger partial charge in [-0.3, -0.25) is 4.79 Å². The van der Waals surface area contributed by atoms with E-state index in [2.05, 4.69) is 5.32 Å². The normalized spacial score (nSPS) is 37.3. The molecule has 0 heterocycles. The molecule has 0 aromatic carbocycles. The summed E-state index contributed by atoms with van der Waals surface area (Å²) in [5.41, 5.74) is -0.0221. The third kappa shape index (κ3) is 3.21. The molecule has 4 bridgehead atoms. The van der Waals surface area contributed by atoms with E-state index in [1.54, 1.807) is 13.0 Å². The molecule has 4 aliphatic rings. The van der Waals surface area contributed by atoms with E-state index >= 15 is 0 Å². The zero-order chi connectivity index (χ0) is 15.7. The lowest BCUT2D eigenvalue weighted by Gasteiger charge is -2.57. The second-order valence-corrected chi connectivity index (χ2v) is 7.58. The van der Waals surface area contributed by atoms with Crippen LogP contribution in [-0.2, 0) is 14.3 Å². The van der Waals surface area contributed by atoms with Crippen LogP contribution in [0.5, 0.6) is 0 Å². The highest BCUT2D eigenvalue weighted by Gasteiger charge is 2.51. The van der Waals surface area contributed by atoms with Crippen LogP contribution in [0.25, 0.3) is 0 Å². The quantitative estimate of drug-likeness (QED) is 0.627. The molecule has 4 saturated carbocycles. The number of hydrogen-bond acceptors (Lipinski definition) is 3. The number of esters is 1. The monoisotopic (exact) mass is 305 g/mol. The van der Waals surface area contributed by atoms with Crippen molar-refractivity contribution in [3.8, 4) is 0 Å². The van der Waals surface area contributed by atoms with Crippen LogP contribution in [0.2, 0.25) is 0 Å². The van der Waals surface area contributed by atoms with Crippen LogP contribution in [-0.4, -0.2) is 23.5 Å². The van der Waals surface area contributed by atoms with E-state index < -0.39 is 12.1 Å². The minimum Gasteiger partial charge on any atom is -0.449 e. The summed E-state index contributed by atoms with van der Waals surface area (Å²) in [5.74, 6) is 1.79. The first-order valence-electron chi connectivity index (χ1n) is 8.69. The van der Waals surface area contributed by atoms with Crippen LogP contribution in [0.1, 0.15) is 58.8 Å². The molecule has 0 aliphatic heterocycles. The number of carbonyl (C=O) groups is 2. The van der Waals surface area contributed by atoms with E-state index in [9.17, 15) is 9.59 Å². The Morgan fingerprint density at radius 3 is 2.23 bits per heavy atom. The Morgan fingerprint density at radius 1 is 1.18 bits per heavy atom. The van der Waals surface area contributed by atoms with Gasteiger partial charge < -0.3 is 10.1 Å². The zero-order valence-corrected chi connectivity index (χ0v) is 13.6. The van der Waals surface area contributed by atoms with Gasteiger partial charge in [0.2, 0.25) is 0 Å². The van der Waals surface area contributed by atoms with Crippen molar-refractivity contribution < 1.29 is 14.3 Å². The van der Waals surface area contributed by atoms with E-state index in [0.717, 1.165) is 43.4 Å². The smallest absolute Gasteiger partial charge is 0.331 e. The third-order valence-corrected chi connectivity index (χ3v) is 5.58. The topological polar surface area (TPSA) is 55.4 Å². The number of allylic oxidation sites excluding steroid dienone is 1. The van der Waals surface area contributed by atoms with Gasteiger partial charge in [0.15, 0.2) is 6.10 Å². The average molecular weight is 305 g/mol. The Bertz CT molecular complexity index is 447. The van der Waals surface area contributed by atoms with Crippen LogP contribution in [0.4, 0.5) is 0 Å². The van der Waals surface area contributed by atoms with Gasteiger partial charge in [0.05, 0.1) is 0 Å². The van der Waals surface area contributed by atoms with Crippen molar-refractivity contribution in [1.29, 1.82) is 0 Å². The first kappa shape index (κ1) is 15.6. The fourth-order valence-electron chi connectivity index (χ4n) is 5.11. The van der Waals surface area contributed by atoms with Crippen molar-refractivity contribution in [2.24, 2.45) is 17.8 Å². The average Bonchev–Trinajstić information content (AvgIpc) is 2.43. The number of carbonyl (C=O) groups excluding carboxylic acids is 2. The van der Waals surface area contributed by atoms with Crippen LogP contribution in [0.3, 0.4) is 0 Å². The number of rotatable bonds is 5. The van der Waals surface area contributed by atoms with E-state index in [1.807, 2.05) is 6.92 Å². The molecule has 0 saturated heterocycles. The minimum absolute atomic E-state index is 0.0221. The Kier molecular flexibility index (Phi) is 4.28. The molecular formula is C18H27NO3. The first-order chi connectivity index (χ1) is 10.5. The summed E-state index contributed by atoms with van der Waals surface area (Å²) in [4.78, 5) is 24.0. The number of nitrogens with one attached hydrogen (secondary N) is 1. The molecule has 122 valence electrons. The van der Waals surface area contributed by atoms with Crippen LogP contribution >= 0.6 is 0 Å². The molecule has 0 spiro atoms. The predicted octanol–water partition coefficient (Wildman–Crippen LogP) is 2.97. The van der Waals surface area contributed by atoms with E-state index in [1.165, 1.54) is 25.3 Å². The molecule has 0 unspecified atom stereocenters. The molecule has 4 nitrogen and oxygen atoms in total. The summed E-state index contributed by atoms with van der Waals surface area (Å²) in [6.07, 6.45) is 10.6. The molecule has 0 radical (unpaired) electrons. The highest BCUT2D eigenvalue weighted by molar-refractivity contribution is 5.87. The largest absolute Gasteiger partial charge is 0.449 e. The van der Waals surface area contributed by atoms with E-state index in [-0.39, 0.29) is 11.4 Å². The number of amides is 1. The Labute approximate surface area is 132 Å². The molecule has 1 amide bonds. The lowest BCUT2D eigenvalue weighted by Crippen LogP contribution is -2.61. The van der Waals surface area contributed by atoms with Gasteiger partial charge in [-0.1, -0.05) is 13.0 Å². The lowest BCUT2D eigenvalue weighted by molar-refractivity contribution is -0.152. The lowest BCUT2D eigenvalue weighted by atomic mass is 9.53. The Morgan fingerprint density at radius 2 is 1.73 bits per heavy atom. The molecule has 1 N–H and O–H groups in total. The maximum absolute atomic E-state index is 12.4. The van der Waals surface area contributed by atoms with Crippen LogP contribution in [0.15, 0.2) is 12.2 Å².